The molecule has 2 aliphatic rings. The van der Waals surface area contributed by atoms with Crippen LogP contribution >= 0.6 is 0 Å². The minimum Gasteiger partial charge on any atom is -0.310 e. The Bertz CT molecular complexity index is 6120. The van der Waals surface area contributed by atoms with Crippen molar-refractivity contribution in [3.8, 4) is 62.0 Å². The van der Waals surface area contributed by atoms with E-state index in [0.717, 1.165) is 146 Å². The number of para-hydroxylation sites is 3. The van der Waals surface area contributed by atoms with Gasteiger partial charge in [-0.05, 0) is 170 Å². The van der Waals surface area contributed by atoms with Gasteiger partial charge in [0, 0.05) is 122 Å². The molecular weight excluding hydrogens is 1320 g/mol. The molecule has 8 heteroatoms. The largest absolute Gasteiger partial charge is 0.310 e. The molecular formula is C101H96BN7. The summed E-state index contributed by atoms with van der Waals surface area (Å²) in [5.41, 5.74) is 31.7. The van der Waals surface area contributed by atoms with Crippen molar-refractivity contribution in [2.24, 2.45) is 0 Å². The number of nitrogens with zero attached hydrogens (tertiary/aromatic N) is 7. The highest BCUT2D eigenvalue weighted by Gasteiger charge is 2.46. The number of pyridine rings is 2. The number of nitriles is 1. The zero-order valence-electron chi connectivity index (χ0n) is 66.5. The number of rotatable bonds is 8. The minimum absolute atomic E-state index is 0.0727. The number of aromatic nitrogens is 4. The Labute approximate surface area is 644 Å². The lowest BCUT2D eigenvalue weighted by Crippen LogP contribution is -2.61. The smallest absolute Gasteiger partial charge is 0.252 e. The van der Waals surface area contributed by atoms with Gasteiger partial charge in [-0.15, -0.1) is 0 Å². The van der Waals surface area contributed by atoms with E-state index in [1.165, 1.54) is 38.3 Å². The van der Waals surface area contributed by atoms with Gasteiger partial charge in [0.2, 0.25) is 0 Å². The van der Waals surface area contributed by atoms with Crippen LogP contribution in [0.3, 0.4) is 0 Å². The Morgan fingerprint density at radius 2 is 0.651 bits per heavy atom. The summed E-state index contributed by atoms with van der Waals surface area (Å²) in [7, 11) is 0. The monoisotopic (exact) mass is 1420 g/mol. The molecule has 0 amide bonds. The Morgan fingerprint density at radius 1 is 0.294 bits per heavy atom. The van der Waals surface area contributed by atoms with Gasteiger partial charge in [-0.2, -0.15) is 5.26 Å². The first-order valence-corrected chi connectivity index (χ1v) is 38.8. The third kappa shape index (κ3) is 11.9. The fourth-order valence-electron chi connectivity index (χ4n) is 16.9. The molecule has 17 rings (SSSR count). The highest BCUT2D eigenvalue weighted by atomic mass is 15.2. The van der Waals surface area contributed by atoms with Crippen molar-refractivity contribution < 1.29 is 0 Å². The highest BCUT2D eigenvalue weighted by molar-refractivity contribution is 7.00. The molecule has 0 saturated carbocycles. The maximum absolute atomic E-state index is 10.4. The zero-order valence-corrected chi connectivity index (χ0v) is 66.5. The van der Waals surface area contributed by atoms with Gasteiger partial charge >= 0.3 is 0 Å². The fourth-order valence-corrected chi connectivity index (χ4v) is 16.9. The molecule has 0 saturated heterocycles. The maximum atomic E-state index is 10.4. The highest BCUT2D eigenvalue weighted by Crippen LogP contribution is 2.55. The lowest BCUT2D eigenvalue weighted by molar-refractivity contribution is 0.531. The molecule has 11 aromatic carbocycles. The average molecular weight is 1420 g/mol. The molecule has 0 atom stereocenters. The molecule has 0 N–H and O–H groups in total. The van der Waals surface area contributed by atoms with Crippen molar-refractivity contribution in [3.63, 3.8) is 0 Å². The molecule has 0 radical (unpaired) electrons. The summed E-state index contributed by atoms with van der Waals surface area (Å²) in [4.78, 5) is 16.4. The van der Waals surface area contributed by atoms with Gasteiger partial charge in [0.05, 0.1) is 45.1 Å². The van der Waals surface area contributed by atoms with E-state index >= 15 is 0 Å². The number of anilines is 6. The lowest BCUT2D eigenvalue weighted by atomic mass is 9.33. The molecule has 538 valence electrons. The molecule has 7 nitrogen and oxygen atoms in total. The van der Waals surface area contributed by atoms with Gasteiger partial charge in [0.1, 0.15) is 0 Å². The molecule has 4 aromatic heterocycles. The van der Waals surface area contributed by atoms with Crippen molar-refractivity contribution in [1.29, 1.82) is 5.26 Å². The Balaban J connectivity index is 1.04. The Kier molecular flexibility index (Phi) is 16.3. The molecule has 109 heavy (non-hydrogen) atoms. The topological polar surface area (TPSA) is 65.9 Å². The van der Waals surface area contributed by atoms with Crippen LogP contribution in [0.4, 0.5) is 34.1 Å². The van der Waals surface area contributed by atoms with Crippen LogP contribution in [0.25, 0.3) is 99.5 Å². The second-order valence-corrected chi connectivity index (χ2v) is 36.7. The predicted molar refractivity (Wildman–Crippen MR) is 463 cm³/mol. The summed E-state index contributed by atoms with van der Waals surface area (Å²) in [6.07, 6.45) is 0. The standard InChI is InChI=1S/C101H96BN7/c1-96(2,3)67-43-50-83-77(57-67)78-58-68(97(4,5)6)44-51-84(78)107(83)70-46-48-80-88(60-70)109(95-72(64-32-23-20-24-33-64)36-28-38-74(95)66-55-91(100(13,14)15)105-92(56-66)101(16,17)18)86-41-29-40-85-93(86)102(80)79-47-45-69(106-81-39-26-25-34-75(81)76-52-62(61-103)42-49-82(76)106)59-87(79)108(85)94-71(63-30-21-19-22-31-63)35-27-37-73(94)65-53-89(98(7,8)9)104-90(54-65)99(10,11)12/h19-60H,1-18H3. The number of benzene rings is 11. The van der Waals surface area contributed by atoms with Gasteiger partial charge in [-0.3, -0.25) is 9.97 Å². The van der Waals surface area contributed by atoms with Crippen LogP contribution in [0.15, 0.2) is 255 Å². The summed E-state index contributed by atoms with van der Waals surface area (Å²) in [5, 5.41) is 15.0. The van der Waals surface area contributed by atoms with E-state index in [2.05, 4.69) is 398 Å². The molecule has 0 unspecified atom stereocenters. The quantitative estimate of drug-likeness (QED) is 0.142. The third-order valence-electron chi connectivity index (χ3n) is 22.8. The van der Waals surface area contributed by atoms with Gasteiger partial charge < -0.3 is 18.9 Å². The summed E-state index contributed by atoms with van der Waals surface area (Å²) in [6.45, 7) is 41.1. The van der Waals surface area contributed by atoms with Crippen molar-refractivity contribution in [1.82, 2.24) is 19.1 Å². The molecule has 2 aliphatic heterocycles. The molecule has 0 spiro atoms. The number of fused-ring (bicyclic) bond motifs is 10. The van der Waals surface area contributed by atoms with Crippen molar-refractivity contribution in [3.05, 3.63) is 294 Å². The average Bonchev–Trinajstić information content (AvgIpc) is 0.810. The fraction of sp³-hybridized carbons (Fsp3) is 0.238. The Morgan fingerprint density at radius 3 is 1.05 bits per heavy atom. The number of hydrogen-bond acceptors (Lipinski definition) is 5. The van der Waals surface area contributed by atoms with Crippen LogP contribution in [0.2, 0.25) is 0 Å². The van der Waals surface area contributed by atoms with E-state index in [0.29, 0.717) is 5.56 Å². The summed E-state index contributed by atoms with van der Waals surface area (Å²) in [6, 6.07) is 98.9. The molecule has 15 aromatic rings. The third-order valence-corrected chi connectivity index (χ3v) is 22.8. The van der Waals surface area contributed by atoms with E-state index in [1.807, 2.05) is 6.07 Å². The summed E-state index contributed by atoms with van der Waals surface area (Å²) < 4.78 is 4.95. The summed E-state index contributed by atoms with van der Waals surface area (Å²) >= 11 is 0. The van der Waals surface area contributed by atoms with Gasteiger partial charge in [0.15, 0.2) is 0 Å². The Hall–Kier alpha value is -11.5. The van der Waals surface area contributed by atoms with Gasteiger partial charge in [-0.25, -0.2) is 0 Å². The second kappa shape index (κ2) is 25.3. The molecule has 6 heterocycles. The van der Waals surface area contributed by atoms with Gasteiger partial charge in [-0.1, -0.05) is 270 Å². The van der Waals surface area contributed by atoms with Crippen LogP contribution in [0.5, 0.6) is 0 Å². The zero-order chi connectivity index (χ0) is 76.3. The van der Waals surface area contributed by atoms with E-state index in [-0.39, 0.29) is 39.2 Å². The van der Waals surface area contributed by atoms with Crippen LogP contribution in [-0.2, 0) is 32.5 Å². The lowest BCUT2D eigenvalue weighted by Gasteiger charge is -2.45. The van der Waals surface area contributed by atoms with Crippen LogP contribution in [0.1, 0.15) is 164 Å². The maximum Gasteiger partial charge on any atom is 0.252 e. The number of hydrogen-bond donors (Lipinski definition) is 0. The van der Waals surface area contributed by atoms with Crippen molar-refractivity contribution in [2.75, 3.05) is 9.80 Å². The van der Waals surface area contributed by atoms with Crippen molar-refractivity contribution in [2.45, 2.75) is 157 Å². The first-order valence-electron chi connectivity index (χ1n) is 38.8. The summed E-state index contributed by atoms with van der Waals surface area (Å²) in [5.74, 6) is 0. The normalized spacial score (nSPS) is 13.3. The molecule has 0 bridgehead atoms. The van der Waals surface area contributed by atoms with Crippen LogP contribution in [-0.4, -0.2) is 25.8 Å². The van der Waals surface area contributed by atoms with Crippen LogP contribution < -0.4 is 26.2 Å². The van der Waals surface area contributed by atoms with E-state index in [4.69, 9.17) is 9.97 Å². The van der Waals surface area contributed by atoms with E-state index in [1.54, 1.807) is 0 Å². The first-order chi connectivity index (χ1) is 51.8. The first kappa shape index (κ1) is 70.5. The molecule has 0 aliphatic carbocycles. The van der Waals surface area contributed by atoms with Crippen molar-refractivity contribution >= 4 is 101 Å². The SMILES string of the molecule is CC(C)(C)c1ccc2c(c1)c1cc(C(C)(C)C)ccc1n2-c1ccc2c(c1)N(c1c(-c3ccccc3)cccc1-c1cc(C(C)(C)C)nc(C(C)(C)C)c1)c1cccc3c1B2c1ccc(-n2c4ccccc4c4cc(C#N)ccc42)cc1N3c1c(-c2ccccc2)cccc1-c1cc(C(C)(C)C)nc(C(C)(C)C)c1. The predicted octanol–water partition coefficient (Wildman–Crippen LogP) is 25.1. The van der Waals surface area contributed by atoms with E-state index in [9.17, 15) is 5.26 Å². The van der Waals surface area contributed by atoms with E-state index < -0.39 is 0 Å². The van der Waals surface area contributed by atoms with Gasteiger partial charge in [0.25, 0.3) is 6.71 Å². The molecule has 0 fully saturated rings. The van der Waals surface area contributed by atoms with Crippen LogP contribution in [0, 0.1) is 11.3 Å². The second-order valence-electron chi connectivity index (χ2n) is 36.7. The minimum atomic E-state index is -0.286.